The SMILES string of the molecule is Cc1cc2c(c(=O)n1CCN(C)C)[C@H](c1ccccc1F)C(C#N)=C(N)O2. The second-order valence-electron chi connectivity index (χ2n) is 6.77. The van der Waals surface area contributed by atoms with Crippen molar-refractivity contribution in [3.05, 3.63) is 74.8 Å². The number of ether oxygens (including phenoxy) is 1. The number of rotatable bonds is 4. The van der Waals surface area contributed by atoms with Crippen LogP contribution in [0.25, 0.3) is 0 Å². The van der Waals surface area contributed by atoms with Gasteiger partial charge in [-0.15, -0.1) is 0 Å². The predicted octanol–water partition coefficient (Wildman–Crippen LogP) is 2.08. The fourth-order valence-corrected chi connectivity index (χ4v) is 3.28. The van der Waals surface area contributed by atoms with Crippen LogP contribution in [0.1, 0.15) is 22.7 Å². The molecule has 0 saturated heterocycles. The number of nitriles is 1. The molecule has 6 nitrogen and oxygen atoms in total. The molecule has 0 spiro atoms. The highest BCUT2D eigenvalue weighted by Crippen LogP contribution is 2.41. The van der Waals surface area contributed by atoms with Gasteiger partial charge in [0.2, 0.25) is 5.88 Å². The lowest BCUT2D eigenvalue weighted by molar-refractivity contribution is 0.368. The molecule has 1 atom stereocenters. The van der Waals surface area contributed by atoms with Crippen LogP contribution in [0, 0.1) is 24.1 Å². The minimum absolute atomic E-state index is 0.0349. The molecular weight excluding hydrogens is 347 g/mol. The van der Waals surface area contributed by atoms with E-state index in [1.54, 1.807) is 35.8 Å². The normalized spacial score (nSPS) is 16.1. The highest BCUT2D eigenvalue weighted by Gasteiger charge is 2.35. The lowest BCUT2D eigenvalue weighted by Gasteiger charge is -2.27. The number of nitrogens with two attached hydrogens (primary N) is 1. The molecule has 0 unspecified atom stereocenters. The van der Waals surface area contributed by atoms with Crippen molar-refractivity contribution < 1.29 is 9.13 Å². The van der Waals surface area contributed by atoms with Crippen molar-refractivity contribution in [2.45, 2.75) is 19.4 Å². The van der Waals surface area contributed by atoms with E-state index < -0.39 is 11.7 Å². The molecule has 140 valence electrons. The smallest absolute Gasteiger partial charge is 0.258 e. The average molecular weight is 368 g/mol. The van der Waals surface area contributed by atoms with Crippen LogP contribution in [-0.2, 0) is 6.54 Å². The van der Waals surface area contributed by atoms with Gasteiger partial charge in [-0.05, 0) is 27.1 Å². The first kappa shape index (κ1) is 18.7. The lowest BCUT2D eigenvalue weighted by atomic mass is 9.83. The Hall–Kier alpha value is -3.11. The Morgan fingerprint density at radius 1 is 1.37 bits per heavy atom. The van der Waals surface area contributed by atoms with Crippen molar-refractivity contribution in [1.29, 1.82) is 5.26 Å². The van der Waals surface area contributed by atoms with Crippen molar-refractivity contribution >= 4 is 0 Å². The van der Waals surface area contributed by atoms with Crippen LogP contribution in [0.5, 0.6) is 5.75 Å². The zero-order chi connectivity index (χ0) is 19.7. The van der Waals surface area contributed by atoms with Gasteiger partial charge in [-0.25, -0.2) is 4.39 Å². The van der Waals surface area contributed by atoms with Crippen molar-refractivity contribution in [1.82, 2.24) is 9.47 Å². The van der Waals surface area contributed by atoms with Gasteiger partial charge in [0.25, 0.3) is 5.56 Å². The van der Waals surface area contributed by atoms with Gasteiger partial charge in [-0.3, -0.25) is 4.79 Å². The van der Waals surface area contributed by atoms with E-state index in [4.69, 9.17) is 10.5 Å². The molecule has 0 amide bonds. The number of likely N-dealkylation sites (N-methyl/N-ethyl adjacent to an activating group) is 1. The number of aromatic nitrogens is 1. The summed E-state index contributed by atoms with van der Waals surface area (Å²) in [6.07, 6.45) is 0. The van der Waals surface area contributed by atoms with E-state index >= 15 is 0 Å². The van der Waals surface area contributed by atoms with Gasteiger partial charge in [0, 0.05) is 30.4 Å². The summed E-state index contributed by atoms with van der Waals surface area (Å²) in [4.78, 5) is 15.2. The Morgan fingerprint density at radius 3 is 2.70 bits per heavy atom. The Kier molecular flexibility index (Phi) is 5.02. The van der Waals surface area contributed by atoms with E-state index in [-0.39, 0.29) is 33.9 Å². The molecule has 0 bridgehead atoms. The predicted molar refractivity (Wildman–Crippen MR) is 99.7 cm³/mol. The Bertz CT molecular complexity index is 1020. The maximum atomic E-state index is 14.5. The third kappa shape index (κ3) is 3.32. The first-order valence-electron chi connectivity index (χ1n) is 8.56. The molecule has 0 fully saturated rings. The molecule has 3 rings (SSSR count). The van der Waals surface area contributed by atoms with Crippen molar-refractivity contribution in [3.8, 4) is 11.8 Å². The van der Waals surface area contributed by atoms with Crippen LogP contribution in [-0.4, -0.2) is 30.1 Å². The van der Waals surface area contributed by atoms with E-state index in [1.807, 2.05) is 25.1 Å². The number of hydrogen-bond donors (Lipinski definition) is 1. The number of nitrogens with zero attached hydrogens (tertiary/aromatic N) is 3. The number of fused-ring (bicyclic) bond motifs is 1. The number of hydrogen-bond acceptors (Lipinski definition) is 5. The van der Waals surface area contributed by atoms with E-state index in [9.17, 15) is 14.4 Å². The highest BCUT2D eigenvalue weighted by molar-refractivity contribution is 5.55. The molecule has 2 heterocycles. The highest BCUT2D eigenvalue weighted by atomic mass is 19.1. The number of benzene rings is 1. The Morgan fingerprint density at radius 2 is 2.07 bits per heavy atom. The minimum atomic E-state index is -0.904. The summed E-state index contributed by atoms with van der Waals surface area (Å²) in [6.45, 7) is 2.93. The quantitative estimate of drug-likeness (QED) is 0.893. The molecule has 1 aromatic heterocycles. The monoisotopic (exact) mass is 368 g/mol. The molecule has 2 aromatic rings. The third-order valence-corrected chi connectivity index (χ3v) is 4.68. The van der Waals surface area contributed by atoms with Crippen molar-refractivity contribution in [2.75, 3.05) is 20.6 Å². The van der Waals surface area contributed by atoms with Crippen LogP contribution in [0.4, 0.5) is 4.39 Å². The molecule has 7 heteroatoms. The maximum Gasteiger partial charge on any atom is 0.258 e. The second-order valence-corrected chi connectivity index (χ2v) is 6.77. The van der Waals surface area contributed by atoms with Crippen molar-refractivity contribution in [2.24, 2.45) is 5.73 Å². The lowest BCUT2D eigenvalue weighted by Crippen LogP contribution is -2.34. The number of aryl methyl sites for hydroxylation is 1. The first-order valence-corrected chi connectivity index (χ1v) is 8.56. The Labute approximate surface area is 156 Å². The minimum Gasteiger partial charge on any atom is -0.440 e. The number of allylic oxidation sites excluding steroid dienone is 1. The fraction of sp³-hybridized carbons (Fsp3) is 0.300. The summed E-state index contributed by atoms with van der Waals surface area (Å²) in [5, 5.41) is 9.59. The molecule has 0 radical (unpaired) electrons. The first-order chi connectivity index (χ1) is 12.8. The van der Waals surface area contributed by atoms with Gasteiger partial charge in [0.15, 0.2) is 0 Å². The molecular formula is C20H21FN4O2. The van der Waals surface area contributed by atoms with Crippen LogP contribution in [0.2, 0.25) is 0 Å². The van der Waals surface area contributed by atoms with Crippen LogP contribution in [0.15, 0.2) is 46.6 Å². The van der Waals surface area contributed by atoms with Gasteiger partial charge in [0.05, 0.1) is 11.5 Å². The average Bonchev–Trinajstić information content (AvgIpc) is 2.60. The number of pyridine rings is 1. The number of halogens is 1. The van der Waals surface area contributed by atoms with Crippen LogP contribution >= 0.6 is 0 Å². The summed E-state index contributed by atoms with van der Waals surface area (Å²) in [6, 6.07) is 9.78. The van der Waals surface area contributed by atoms with E-state index in [0.717, 1.165) is 0 Å². The molecule has 0 aliphatic carbocycles. The van der Waals surface area contributed by atoms with Crippen molar-refractivity contribution in [3.63, 3.8) is 0 Å². The second kappa shape index (κ2) is 7.25. The summed E-state index contributed by atoms with van der Waals surface area (Å²) < 4.78 is 21.7. The summed E-state index contributed by atoms with van der Waals surface area (Å²) >= 11 is 0. The van der Waals surface area contributed by atoms with Crippen LogP contribution < -0.4 is 16.0 Å². The molecule has 0 saturated carbocycles. The van der Waals surface area contributed by atoms with Gasteiger partial charge in [-0.1, -0.05) is 18.2 Å². The summed E-state index contributed by atoms with van der Waals surface area (Å²) in [7, 11) is 3.84. The third-order valence-electron chi connectivity index (χ3n) is 4.68. The van der Waals surface area contributed by atoms with Gasteiger partial charge in [-0.2, -0.15) is 5.26 Å². The van der Waals surface area contributed by atoms with E-state index in [2.05, 4.69) is 0 Å². The van der Waals surface area contributed by atoms with Gasteiger partial charge >= 0.3 is 0 Å². The largest absolute Gasteiger partial charge is 0.440 e. The summed E-state index contributed by atoms with van der Waals surface area (Å²) in [5.41, 5.74) is 6.81. The van der Waals surface area contributed by atoms with E-state index in [0.29, 0.717) is 18.8 Å². The fourth-order valence-electron chi connectivity index (χ4n) is 3.28. The summed E-state index contributed by atoms with van der Waals surface area (Å²) in [5.74, 6) is -1.25. The molecule has 1 aliphatic rings. The van der Waals surface area contributed by atoms with Gasteiger partial charge < -0.3 is 19.9 Å². The van der Waals surface area contributed by atoms with Gasteiger partial charge in [0.1, 0.15) is 23.2 Å². The zero-order valence-corrected chi connectivity index (χ0v) is 15.5. The van der Waals surface area contributed by atoms with E-state index in [1.165, 1.54) is 6.07 Å². The topological polar surface area (TPSA) is 84.3 Å². The van der Waals surface area contributed by atoms with Crippen LogP contribution in [0.3, 0.4) is 0 Å². The molecule has 1 aromatic carbocycles. The molecule has 1 aliphatic heterocycles. The standard InChI is InChI=1S/C20H21FN4O2/c1-12-10-16-18(20(26)25(12)9-8-24(2)3)17(14(11-22)19(23)27-16)13-6-4-5-7-15(13)21/h4-7,10,17H,8-9,23H2,1-3H3/t17-/m1/s1. The molecule has 2 N–H and O–H groups in total. The molecule has 27 heavy (non-hydrogen) atoms. The zero-order valence-electron chi connectivity index (χ0n) is 15.5. The Balaban J connectivity index is 2.26. The maximum absolute atomic E-state index is 14.5.